The van der Waals surface area contributed by atoms with Crippen LogP contribution in [0.25, 0.3) is 10.8 Å². The van der Waals surface area contributed by atoms with Crippen LogP contribution in [-0.2, 0) is 0 Å². The van der Waals surface area contributed by atoms with E-state index in [4.69, 9.17) is 5.21 Å². The maximum absolute atomic E-state index is 8.65. The highest BCUT2D eigenvalue weighted by Gasteiger charge is 1.98. The van der Waals surface area contributed by atoms with Crippen molar-refractivity contribution in [2.24, 2.45) is 5.16 Å². The lowest BCUT2D eigenvalue weighted by molar-refractivity contribution is 0.319. The number of benzene rings is 2. The normalized spacial score (nSPS) is 11.9. The van der Waals surface area contributed by atoms with E-state index in [-0.39, 0.29) is 0 Å². The van der Waals surface area contributed by atoms with Crippen LogP contribution in [0, 0.1) is 0 Å². The fourth-order valence-electron chi connectivity index (χ4n) is 1.47. The number of oxime groups is 1. The molecule has 0 aromatic heterocycles. The van der Waals surface area contributed by atoms with Crippen LogP contribution < -0.4 is 0 Å². The summed E-state index contributed by atoms with van der Waals surface area (Å²) in [7, 11) is 0. The molecular formula is C12H11NO. The Hall–Kier alpha value is -1.83. The van der Waals surface area contributed by atoms with Gasteiger partial charge in [-0.05, 0) is 29.3 Å². The molecule has 0 heterocycles. The molecule has 0 saturated carbocycles. The first-order chi connectivity index (χ1) is 6.81. The summed E-state index contributed by atoms with van der Waals surface area (Å²) in [5.41, 5.74) is 1.59. The molecule has 2 nitrogen and oxygen atoms in total. The lowest BCUT2D eigenvalue weighted by Crippen LogP contribution is -1.93. The van der Waals surface area contributed by atoms with Crippen LogP contribution in [0.1, 0.15) is 12.5 Å². The Morgan fingerprint density at radius 3 is 2.50 bits per heavy atom. The monoisotopic (exact) mass is 185 g/mol. The fourth-order valence-corrected chi connectivity index (χ4v) is 1.47. The number of hydrogen-bond donors (Lipinski definition) is 1. The molecule has 0 aliphatic rings. The lowest BCUT2D eigenvalue weighted by Gasteiger charge is -2.01. The van der Waals surface area contributed by atoms with Crippen molar-refractivity contribution in [3.63, 3.8) is 0 Å². The maximum atomic E-state index is 8.65. The van der Waals surface area contributed by atoms with Crippen molar-refractivity contribution in [1.29, 1.82) is 0 Å². The van der Waals surface area contributed by atoms with Crippen LogP contribution in [0.15, 0.2) is 47.6 Å². The average Bonchev–Trinajstić information content (AvgIpc) is 2.27. The molecule has 0 radical (unpaired) electrons. The zero-order valence-corrected chi connectivity index (χ0v) is 7.94. The van der Waals surface area contributed by atoms with Crippen molar-refractivity contribution in [2.75, 3.05) is 0 Å². The van der Waals surface area contributed by atoms with Crippen LogP contribution >= 0.6 is 0 Å². The van der Waals surface area contributed by atoms with Gasteiger partial charge < -0.3 is 5.21 Å². The fraction of sp³-hybridized carbons (Fsp3) is 0.0833. The minimum Gasteiger partial charge on any atom is -0.411 e. The number of nitrogens with zero attached hydrogens (tertiary/aromatic N) is 1. The highest BCUT2D eigenvalue weighted by Crippen LogP contribution is 2.15. The van der Waals surface area contributed by atoms with E-state index in [1.165, 1.54) is 5.39 Å². The summed E-state index contributed by atoms with van der Waals surface area (Å²) in [5, 5.41) is 14.2. The Labute approximate surface area is 82.5 Å². The smallest absolute Gasteiger partial charge is 0.0837 e. The molecule has 0 saturated heterocycles. The Morgan fingerprint density at radius 2 is 1.79 bits per heavy atom. The topological polar surface area (TPSA) is 32.6 Å². The van der Waals surface area contributed by atoms with Crippen LogP contribution in [0.3, 0.4) is 0 Å². The third-order valence-electron chi connectivity index (χ3n) is 2.32. The van der Waals surface area contributed by atoms with E-state index in [9.17, 15) is 0 Å². The summed E-state index contributed by atoms with van der Waals surface area (Å²) in [5.74, 6) is 0. The number of hydrogen-bond acceptors (Lipinski definition) is 2. The maximum Gasteiger partial charge on any atom is 0.0837 e. The van der Waals surface area contributed by atoms with Gasteiger partial charge >= 0.3 is 0 Å². The Bertz CT molecular complexity index is 488. The predicted molar refractivity (Wildman–Crippen MR) is 57.9 cm³/mol. The van der Waals surface area contributed by atoms with Crippen molar-refractivity contribution in [3.8, 4) is 0 Å². The second kappa shape index (κ2) is 3.50. The van der Waals surface area contributed by atoms with E-state index in [1.807, 2.05) is 36.4 Å². The van der Waals surface area contributed by atoms with E-state index >= 15 is 0 Å². The Balaban J connectivity index is 2.62. The summed E-state index contributed by atoms with van der Waals surface area (Å²) >= 11 is 0. The van der Waals surface area contributed by atoms with Gasteiger partial charge in [-0.3, -0.25) is 0 Å². The summed E-state index contributed by atoms with van der Waals surface area (Å²) in [4.78, 5) is 0. The van der Waals surface area contributed by atoms with Crippen molar-refractivity contribution in [1.82, 2.24) is 0 Å². The molecule has 1 N–H and O–H groups in total. The number of fused-ring (bicyclic) bond motifs is 1. The largest absolute Gasteiger partial charge is 0.411 e. The van der Waals surface area contributed by atoms with Gasteiger partial charge in [0.2, 0.25) is 0 Å². The first-order valence-corrected chi connectivity index (χ1v) is 4.49. The second-order valence-electron chi connectivity index (χ2n) is 3.25. The number of rotatable bonds is 1. The Morgan fingerprint density at radius 1 is 1.07 bits per heavy atom. The van der Waals surface area contributed by atoms with Gasteiger partial charge in [0.15, 0.2) is 0 Å². The summed E-state index contributed by atoms with van der Waals surface area (Å²) < 4.78 is 0. The van der Waals surface area contributed by atoms with Gasteiger partial charge in [0.25, 0.3) is 0 Å². The molecule has 0 amide bonds. The summed E-state index contributed by atoms with van der Waals surface area (Å²) in [6.45, 7) is 1.78. The highest BCUT2D eigenvalue weighted by molar-refractivity contribution is 6.01. The Kier molecular flexibility index (Phi) is 2.19. The van der Waals surface area contributed by atoms with Crippen LogP contribution in [0.5, 0.6) is 0 Å². The molecule has 0 spiro atoms. The average molecular weight is 185 g/mol. The first-order valence-electron chi connectivity index (χ1n) is 4.49. The molecular weight excluding hydrogens is 174 g/mol. The molecule has 14 heavy (non-hydrogen) atoms. The van der Waals surface area contributed by atoms with Gasteiger partial charge in [-0.15, -0.1) is 0 Å². The first kappa shape index (κ1) is 8.75. The minimum atomic E-state index is 0.635. The quantitative estimate of drug-likeness (QED) is 0.413. The van der Waals surface area contributed by atoms with E-state index in [2.05, 4.69) is 11.2 Å². The van der Waals surface area contributed by atoms with E-state index in [0.717, 1.165) is 10.9 Å². The zero-order valence-electron chi connectivity index (χ0n) is 7.94. The van der Waals surface area contributed by atoms with Gasteiger partial charge in [0, 0.05) is 0 Å². The van der Waals surface area contributed by atoms with Gasteiger partial charge in [-0.1, -0.05) is 41.6 Å². The van der Waals surface area contributed by atoms with Crippen molar-refractivity contribution >= 4 is 16.5 Å². The van der Waals surface area contributed by atoms with Gasteiger partial charge in [0.1, 0.15) is 0 Å². The van der Waals surface area contributed by atoms with Crippen LogP contribution in [0.4, 0.5) is 0 Å². The SMILES string of the molecule is C/C(=N/O)c1ccc2ccccc2c1. The van der Waals surface area contributed by atoms with Crippen molar-refractivity contribution in [3.05, 3.63) is 48.0 Å². The molecule has 0 atom stereocenters. The lowest BCUT2D eigenvalue weighted by atomic mass is 10.0. The van der Waals surface area contributed by atoms with Crippen LogP contribution in [0.2, 0.25) is 0 Å². The van der Waals surface area contributed by atoms with Crippen molar-refractivity contribution in [2.45, 2.75) is 6.92 Å². The van der Waals surface area contributed by atoms with E-state index in [0.29, 0.717) is 5.71 Å². The molecule has 2 heteroatoms. The van der Waals surface area contributed by atoms with Crippen molar-refractivity contribution < 1.29 is 5.21 Å². The highest BCUT2D eigenvalue weighted by atomic mass is 16.4. The summed E-state index contributed by atoms with van der Waals surface area (Å²) in [6.07, 6.45) is 0. The standard InChI is InChI=1S/C12H11NO/c1-9(13-14)11-7-6-10-4-2-3-5-12(10)8-11/h2-8,14H,1H3/b13-9-. The third-order valence-corrected chi connectivity index (χ3v) is 2.32. The zero-order chi connectivity index (χ0) is 9.97. The van der Waals surface area contributed by atoms with E-state index in [1.54, 1.807) is 6.92 Å². The molecule has 70 valence electrons. The second-order valence-corrected chi connectivity index (χ2v) is 3.25. The van der Waals surface area contributed by atoms with Gasteiger partial charge in [-0.25, -0.2) is 0 Å². The molecule has 2 aromatic carbocycles. The van der Waals surface area contributed by atoms with Gasteiger partial charge in [-0.2, -0.15) is 0 Å². The van der Waals surface area contributed by atoms with E-state index < -0.39 is 0 Å². The summed E-state index contributed by atoms with van der Waals surface area (Å²) in [6, 6.07) is 14.1. The molecule has 2 aromatic rings. The molecule has 2 rings (SSSR count). The molecule has 0 aliphatic heterocycles. The molecule has 0 unspecified atom stereocenters. The van der Waals surface area contributed by atoms with Crippen LogP contribution in [-0.4, -0.2) is 10.9 Å². The minimum absolute atomic E-state index is 0.635. The van der Waals surface area contributed by atoms with Gasteiger partial charge in [0.05, 0.1) is 5.71 Å². The predicted octanol–water partition coefficient (Wildman–Crippen LogP) is 3.04. The molecule has 0 bridgehead atoms. The molecule has 0 fully saturated rings. The molecule has 0 aliphatic carbocycles. The third kappa shape index (κ3) is 1.46.